The van der Waals surface area contributed by atoms with Gasteiger partial charge in [-0.2, -0.15) is 0 Å². The van der Waals surface area contributed by atoms with Crippen molar-refractivity contribution in [3.63, 3.8) is 0 Å². The van der Waals surface area contributed by atoms with Crippen LogP contribution in [0, 0.1) is 5.41 Å². The molecule has 2 aromatic carbocycles. The van der Waals surface area contributed by atoms with Gasteiger partial charge in [-0.3, -0.25) is 4.79 Å². The molecular weight excluding hydrogens is 290 g/mol. The Hall–Kier alpha value is -2.17. The van der Waals surface area contributed by atoms with E-state index < -0.39 is 11.5 Å². The molecule has 1 fully saturated rings. The lowest BCUT2D eigenvalue weighted by Crippen LogP contribution is -2.47. The normalized spacial score (nSPS) is 15.9. The van der Waals surface area contributed by atoms with Gasteiger partial charge in [0.2, 0.25) is 0 Å². The molecule has 0 heterocycles. The molecule has 0 aliphatic heterocycles. The minimum Gasteiger partial charge on any atom is -0.396 e. The quantitative estimate of drug-likeness (QED) is 0.762. The van der Waals surface area contributed by atoms with Crippen molar-refractivity contribution in [3.05, 3.63) is 71.8 Å². The van der Waals surface area contributed by atoms with Gasteiger partial charge >= 0.3 is 0 Å². The van der Waals surface area contributed by atoms with Gasteiger partial charge in [-0.05, 0) is 24.0 Å². The Morgan fingerprint density at radius 1 is 1.00 bits per heavy atom. The number of carbonyl (C=O) groups excluding carboxylic acids is 1. The maximum Gasteiger partial charge on any atom is 0.261 e. The molecule has 4 nitrogen and oxygen atoms in total. The topological polar surface area (TPSA) is 69.6 Å². The maximum atomic E-state index is 12.8. The van der Waals surface area contributed by atoms with E-state index in [9.17, 15) is 15.0 Å². The van der Waals surface area contributed by atoms with Crippen molar-refractivity contribution >= 4 is 5.91 Å². The van der Waals surface area contributed by atoms with Gasteiger partial charge < -0.3 is 15.5 Å². The third-order valence-electron chi connectivity index (χ3n) is 4.63. The molecule has 0 atom stereocenters. The molecule has 3 N–H and O–H groups in total. The van der Waals surface area contributed by atoms with Crippen LogP contribution < -0.4 is 5.32 Å². The summed E-state index contributed by atoms with van der Waals surface area (Å²) in [5, 5.41) is 23.5. The zero-order chi connectivity index (χ0) is 16.3. The fourth-order valence-corrected chi connectivity index (χ4v) is 2.75. The summed E-state index contributed by atoms with van der Waals surface area (Å²) < 4.78 is 0. The molecule has 0 unspecified atom stereocenters. The second-order valence-corrected chi connectivity index (χ2v) is 6.28. The summed E-state index contributed by atoms with van der Waals surface area (Å²) in [4.78, 5) is 12.8. The predicted octanol–water partition coefficient (Wildman–Crippen LogP) is 1.81. The largest absolute Gasteiger partial charge is 0.396 e. The monoisotopic (exact) mass is 311 g/mol. The summed E-state index contributed by atoms with van der Waals surface area (Å²) in [5.74, 6) is -0.463. The summed E-state index contributed by atoms with van der Waals surface area (Å²) in [6.07, 6.45) is 1.80. The molecular formula is C19H21NO3. The smallest absolute Gasteiger partial charge is 0.261 e. The molecule has 1 aliphatic carbocycles. The molecule has 2 aromatic rings. The van der Waals surface area contributed by atoms with Crippen LogP contribution in [-0.2, 0) is 10.4 Å². The van der Waals surface area contributed by atoms with E-state index in [4.69, 9.17) is 0 Å². The summed E-state index contributed by atoms with van der Waals surface area (Å²) in [6.45, 7) is 0.437. The highest BCUT2D eigenvalue weighted by Crippen LogP contribution is 2.44. The number of aliphatic hydroxyl groups excluding tert-OH is 1. The predicted molar refractivity (Wildman–Crippen MR) is 87.6 cm³/mol. The van der Waals surface area contributed by atoms with Crippen molar-refractivity contribution in [1.29, 1.82) is 0 Å². The molecule has 1 aliphatic rings. The van der Waals surface area contributed by atoms with Crippen LogP contribution in [0.1, 0.15) is 24.0 Å². The number of rotatable bonds is 6. The number of amides is 1. The summed E-state index contributed by atoms with van der Waals surface area (Å²) in [5.41, 5.74) is -0.895. The first-order valence-corrected chi connectivity index (χ1v) is 7.83. The van der Waals surface area contributed by atoms with Gasteiger partial charge in [-0.1, -0.05) is 60.7 Å². The summed E-state index contributed by atoms with van der Waals surface area (Å²) >= 11 is 0. The van der Waals surface area contributed by atoms with Crippen LogP contribution in [-0.4, -0.2) is 29.3 Å². The van der Waals surface area contributed by atoms with Crippen LogP contribution in [0.3, 0.4) is 0 Å². The Labute approximate surface area is 135 Å². The highest BCUT2D eigenvalue weighted by Gasteiger charge is 2.45. The van der Waals surface area contributed by atoms with E-state index in [1.807, 2.05) is 12.1 Å². The number of aliphatic hydroxyl groups is 2. The van der Waals surface area contributed by atoms with Crippen LogP contribution in [0.4, 0.5) is 0 Å². The van der Waals surface area contributed by atoms with Crippen molar-refractivity contribution in [1.82, 2.24) is 5.32 Å². The van der Waals surface area contributed by atoms with Crippen LogP contribution in [0.15, 0.2) is 60.7 Å². The van der Waals surface area contributed by atoms with E-state index in [1.165, 1.54) is 0 Å². The van der Waals surface area contributed by atoms with E-state index in [0.717, 1.165) is 12.8 Å². The summed E-state index contributed by atoms with van der Waals surface area (Å²) in [7, 11) is 0. The van der Waals surface area contributed by atoms with E-state index in [1.54, 1.807) is 48.5 Å². The minimum absolute atomic E-state index is 0.0579. The van der Waals surface area contributed by atoms with Crippen molar-refractivity contribution in [2.75, 3.05) is 13.2 Å². The standard InChI is InChI=1S/C19H21NO3/c21-14-18(11-12-18)13-20-17(22)19(23,15-7-3-1-4-8-15)16-9-5-2-6-10-16/h1-10,21,23H,11-14H2,(H,20,22). The Morgan fingerprint density at radius 3 is 1.87 bits per heavy atom. The Kier molecular flexibility index (Phi) is 4.20. The second kappa shape index (κ2) is 6.14. The summed E-state index contributed by atoms with van der Waals surface area (Å²) in [6, 6.07) is 17.8. The van der Waals surface area contributed by atoms with Crippen molar-refractivity contribution in [2.45, 2.75) is 18.4 Å². The number of benzene rings is 2. The molecule has 0 aromatic heterocycles. The molecule has 4 heteroatoms. The number of hydrogen-bond donors (Lipinski definition) is 3. The first-order valence-electron chi connectivity index (χ1n) is 7.83. The van der Waals surface area contributed by atoms with Crippen molar-refractivity contribution in [3.8, 4) is 0 Å². The fourth-order valence-electron chi connectivity index (χ4n) is 2.75. The van der Waals surface area contributed by atoms with Crippen LogP contribution in [0.2, 0.25) is 0 Å². The van der Waals surface area contributed by atoms with Gasteiger partial charge in [0, 0.05) is 12.0 Å². The van der Waals surface area contributed by atoms with Gasteiger partial charge in [0.25, 0.3) is 5.91 Å². The maximum absolute atomic E-state index is 12.8. The fraction of sp³-hybridized carbons (Fsp3) is 0.316. The molecule has 0 radical (unpaired) electrons. The zero-order valence-electron chi connectivity index (χ0n) is 12.9. The van der Waals surface area contributed by atoms with Gasteiger partial charge in [0.15, 0.2) is 5.60 Å². The average Bonchev–Trinajstić information content (AvgIpc) is 3.41. The van der Waals surface area contributed by atoms with E-state index >= 15 is 0 Å². The van der Waals surface area contributed by atoms with Gasteiger partial charge in [-0.15, -0.1) is 0 Å². The van der Waals surface area contributed by atoms with Gasteiger partial charge in [-0.25, -0.2) is 0 Å². The molecule has 1 saturated carbocycles. The first-order chi connectivity index (χ1) is 11.1. The van der Waals surface area contributed by atoms with Gasteiger partial charge in [0.1, 0.15) is 0 Å². The van der Waals surface area contributed by atoms with E-state index in [2.05, 4.69) is 5.32 Å². The molecule has 1 amide bonds. The molecule has 3 rings (SSSR count). The van der Waals surface area contributed by atoms with Crippen LogP contribution in [0.25, 0.3) is 0 Å². The lowest BCUT2D eigenvalue weighted by Gasteiger charge is -2.29. The van der Waals surface area contributed by atoms with Gasteiger partial charge in [0.05, 0.1) is 6.61 Å². The average molecular weight is 311 g/mol. The highest BCUT2D eigenvalue weighted by molar-refractivity contribution is 5.90. The lowest BCUT2D eigenvalue weighted by atomic mass is 9.85. The molecule has 0 spiro atoms. The Bertz CT molecular complexity index is 626. The lowest BCUT2D eigenvalue weighted by molar-refractivity contribution is -0.137. The number of carbonyl (C=O) groups is 1. The van der Waals surface area contributed by atoms with Crippen LogP contribution >= 0.6 is 0 Å². The third-order valence-corrected chi connectivity index (χ3v) is 4.63. The zero-order valence-corrected chi connectivity index (χ0v) is 12.9. The second-order valence-electron chi connectivity index (χ2n) is 6.28. The molecule has 120 valence electrons. The number of hydrogen-bond acceptors (Lipinski definition) is 3. The molecule has 0 saturated heterocycles. The molecule has 23 heavy (non-hydrogen) atoms. The van der Waals surface area contributed by atoms with Crippen LogP contribution in [0.5, 0.6) is 0 Å². The minimum atomic E-state index is -1.74. The SMILES string of the molecule is O=C(NCC1(CO)CC1)C(O)(c1ccccc1)c1ccccc1. The number of nitrogens with one attached hydrogen (secondary N) is 1. The van der Waals surface area contributed by atoms with E-state index in [-0.39, 0.29) is 12.0 Å². The van der Waals surface area contributed by atoms with Crippen molar-refractivity contribution in [2.24, 2.45) is 5.41 Å². The Balaban J connectivity index is 1.91. The van der Waals surface area contributed by atoms with E-state index in [0.29, 0.717) is 17.7 Å². The highest BCUT2D eigenvalue weighted by atomic mass is 16.3. The first kappa shape index (κ1) is 15.7. The van der Waals surface area contributed by atoms with Crippen molar-refractivity contribution < 1.29 is 15.0 Å². The Morgan fingerprint density at radius 2 is 1.48 bits per heavy atom. The molecule has 0 bridgehead atoms. The third kappa shape index (κ3) is 3.00.